The number of carbonyl (C=O) groups is 1. The summed E-state index contributed by atoms with van der Waals surface area (Å²) in [6, 6.07) is 18.1. The minimum atomic E-state index is -4.51. The predicted octanol–water partition coefficient (Wildman–Crippen LogP) is 6.62. The van der Waals surface area contributed by atoms with E-state index >= 15 is 0 Å². The predicted molar refractivity (Wildman–Crippen MR) is 143 cm³/mol. The summed E-state index contributed by atoms with van der Waals surface area (Å²) in [4.78, 5) is 22.2. The quantitative estimate of drug-likeness (QED) is 0.375. The first kappa shape index (κ1) is 26.6. The van der Waals surface area contributed by atoms with Gasteiger partial charge in [-0.3, -0.25) is 4.79 Å². The van der Waals surface area contributed by atoms with Gasteiger partial charge < -0.3 is 19.3 Å². The maximum Gasteiger partial charge on any atom is 0.416 e. The number of nitrogens with zero attached hydrogens (tertiary/aromatic N) is 3. The molecule has 0 aromatic heterocycles. The fourth-order valence-electron chi connectivity index (χ4n) is 5.22. The zero-order valence-corrected chi connectivity index (χ0v) is 22.0. The van der Waals surface area contributed by atoms with Crippen LogP contribution in [0.2, 0.25) is 0 Å². The van der Waals surface area contributed by atoms with Gasteiger partial charge in [-0.05, 0) is 55.3 Å². The fourth-order valence-corrected chi connectivity index (χ4v) is 5.22. The monoisotopic (exact) mass is 537 g/mol. The van der Waals surface area contributed by atoms with Crippen molar-refractivity contribution in [3.63, 3.8) is 0 Å². The summed E-state index contributed by atoms with van der Waals surface area (Å²) < 4.78 is 52.0. The summed E-state index contributed by atoms with van der Waals surface area (Å²) in [7, 11) is 1.55. The van der Waals surface area contributed by atoms with Crippen molar-refractivity contribution in [2.45, 2.75) is 38.4 Å². The third kappa shape index (κ3) is 5.30. The molecule has 0 aliphatic carbocycles. The van der Waals surface area contributed by atoms with Gasteiger partial charge in [0.05, 0.1) is 24.2 Å². The second kappa shape index (κ2) is 10.6. The Bertz CT molecular complexity index is 1390. The van der Waals surface area contributed by atoms with E-state index in [4.69, 9.17) is 14.5 Å². The Morgan fingerprint density at radius 3 is 2.49 bits per heavy atom. The Kier molecular flexibility index (Phi) is 7.25. The molecule has 3 aromatic rings. The van der Waals surface area contributed by atoms with Gasteiger partial charge >= 0.3 is 6.18 Å². The molecule has 2 atom stereocenters. The number of rotatable bonds is 4. The number of methoxy groups -OCH3 is 1. The minimum absolute atomic E-state index is 0.0734. The Morgan fingerprint density at radius 1 is 1.08 bits per heavy atom. The van der Waals surface area contributed by atoms with Crippen LogP contribution in [0, 0.1) is 0 Å². The number of aliphatic imine (C=N–C) groups is 1. The Morgan fingerprint density at radius 2 is 1.82 bits per heavy atom. The van der Waals surface area contributed by atoms with Crippen molar-refractivity contribution in [2.24, 2.45) is 4.99 Å². The Balaban J connectivity index is 1.48. The standard InChI is InChI=1S/C30H30F3N3O3/c1-4-23(20-8-6-5-7-9-20)29(37)36-15-14-35(18-19(36)2)28-24-17-22(38-3)11-13-26(24)39-27-12-10-21(30(31,32)33)16-25(27)34-28/h5-13,16-17,19,23H,4,14-15,18H2,1-3H3. The molecular formula is C30H30F3N3O3. The lowest BCUT2D eigenvalue weighted by atomic mass is 9.94. The van der Waals surface area contributed by atoms with E-state index < -0.39 is 11.7 Å². The molecule has 0 N–H and O–H groups in total. The molecule has 3 aromatic carbocycles. The maximum atomic E-state index is 13.6. The van der Waals surface area contributed by atoms with Crippen LogP contribution in [-0.2, 0) is 11.0 Å². The molecule has 6 nitrogen and oxygen atoms in total. The molecule has 1 saturated heterocycles. The van der Waals surface area contributed by atoms with Crippen LogP contribution in [0.5, 0.6) is 17.2 Å². The molecule has 0 radical (unpaired) electrons. The van der Waals surface area contributed by atoms with Gasteiger partial charge in [0.1, 0.15) is 23.0 Å². The molecule has 2 aliphatic heterocycles. The average Bonchev–Trinajstić information content (AvgIpc) is 3.09. The van der Waals surface area contributed by atoms with Crippen LogP contribution < -0.4 is 9.47 Å². The number of ether oxygens (including phenoxy) is 2. The van der Waals surface area contributed by atoms with E-state index in [1.54, 1.807) is 25.3 Å². The number of carbonyl (C=O) groups excluding carboxylic acids is 1. The summed E-state index contributed by atoms with van der Waals surface area (Å²) in [5.74, 6) is 1.60. The molecule has 1 amide bonds. The number of hydrogen-bond acceptors (Lipinski definition) is 5. The smallest absolute Gasteiger partial charge is 0.416 e. The number of fused-ring (bicyclic) bond motifs is 2. The van der Waals surface area contributed by atoms with Gasteiger partial charge in [0, 0.05) is 25.7 Å². The third-order valence-corrected chi connectivity index (χ3v) is 7.28. The Hall–Kier alpha value is -4.01. The molecule has 9 heteroatoms. The van der Waals surface area contributed by atoms with Crippen LogP contribution in [0.25, 0.3) is 0 Å². The van der Waals surface area contributed by atoms with Gasteiger partial charge in [-0.2, -0.15) is 13.2 Å². The van der Waals surface area contributed by atoms with E-state index in [1.807, 2.05) is 54.0 Å². The molecule has 2 aliphatic rings. The normalized spacial score (nSPS) is 17.8. The summed E-state index contributed by atoms with van der Waals surface area (Å²) in [5, 5.41) is 0. The van der Waals surface area contributed by atoms with Crippen LogP contribution in [-0.4, -0.2) is 54.3 Å². The molecule has 0 bridgehead atoms. The summed E-state index contributed by atoms with van der Waals surface area (Å²) in [6.45, 7) is 5.37. The topological polar surface area (TPSA) is 54.4 Å². The number of hydrogen-bond donors (Lipinski definition) is 0. The second-order valence-electron chi connectivity index (χ2n) is 9.78. The van der Waals surface area contributed by atoms with E-state index in [1.165, 1.54) is 6.07 Å². The first-order valence-electron chi connectivity index (χ1n) is 13.0. The first-order chi connectivity index (χ1) is 18.7. The molecule has 2 heterocycles. The molecule has 5 rings (SSSR count). The number of amides is 1. The van der Waals surface area contributed by atoms with Crippen molar-refractivity contribution in [1.29, 1.82) is 0 Å². The lowest BCUT2D eigenvalue weighted by molar-refractivity contribution is -0.138. The molecular weight excluding hydrogens is 507 g/mol. The SMILES string of the molecule is CCC(C(=O)N1CCN(C2=Nc3cc(C(F)(F)F)ccc3Oc3ccc(OC)cc32)CC1C)c1ccccc1. The molecule has 2 unspecified atom stereocenters. The van der Waals surface area contributed by atoms with Crippen molar-refractivity contribution in [2.75, 3.05) is 26.7 Å². The van der Waals surface area contributed by atoms with Crippen LogP contribution in [0.1, 0.15) is 42.9 Å². The zero-order chi connectivity index (χ0) is 27.7. The lowest BCUT2D eigenvalue weighted by Gasteiger charge is -2.42. The highest BCUT2D eigenvalue weighted by atomic mass is 19.4. The van der Waals surface area contributed by atoms with E-state index in [-0.39, 0.29) is 29.3 Å². The van der Waals surface area contributed by atoms with Crippen molar-refractivity contribution in [3.8, 4) is 17.2 Å². The highest BCUT2D eigenvalue weighted by Gasteiger charge is 2.36. The van der Waals surface area contributed by atoms with Crippen molar-refractivity contribution < 1.29 is 27.4 Å². The van der Waals surface area contributed by atoms with Gasteiger partial charge in [0.25, 0.3) is 0 Å². The van der Waals surface area contributed by atoms with Gasteiger partial charge in [0.15, 0.2) is 5.75 Å². The van der Waals surface area contributed by atoms with Crippen molar-refractivity contribution >= 4 is 17.4 Å². The average molecular weight is 538 g/mol. The van der Waals surface area contributed by atoms with Gasteiger partial charge in [0.2, 0.25) is 5.91 Å². The van der Waals surface area contributed by atoms with Crippen LogP contribution in [0.15, 0.2) is 71.7 Å². The maximum absolute atomic E-state index is 13.6. The summed E-state index contributed by atoms with van der Waals surface area (Å²) >= 11 is 0. The summed E-state index contributed by atoms with van der Waals surface area (Å²) in [6.07, 6.45) is -3.83. The van der Waals surface area contributed by atoms with Crippen molar-refractivity contribution in [1.82, 2.24) is 9.80 Å². The third-order valence-electron chi connectivity index (χ3n) is 7.28. The number of halogens is 3. The van der Waals surface area contributed by atoms with E-state index in [0.717, 1.165) is 17.7 Å². The first-order valence-corrected chi connectivity index (χ1v) is 13.0. The number of alkyl halides is 3. The molecule has 39 heavy (non-hydrogen) atoms. The number of benzene rings is 3. The molecule has 1 fully saturated rings. The van der Waals surface area contributed by atoms with Crippen molar-refractivity contribution in [3.05, 3.63) is 83.4 Å². The second-order valence-corrected chi connectivity index (χ2v) is 9.78. The fraction of sp³-hybridized carbons (Fsp3) is 0.333. The summed E-state index contributed by atoms with van der Waals surface area (Å²) in [5.41, 5.74) is 0.896. The molecule has 0 spiro atoms. The van der Waals surface area contributed by atoms with Gasteiger partial charge in [-0.15, -0.1) is 0 Å². The van der Waals surface area contributed by atoms with Crippen LogP contribution in [0.3, 0.4) is 0 Å². The minimum Gasteiger partial charge on any atom is -0.497 e. The Labute approximate surface area is 225 Å². The largest absolute Gasteiger partial charge is 0.497 e. The van der Waals surface area contributed by atoms with Gasteiger partial charge in [-0.25, -0.2) is 4.99 Å². The van der Waals surface area contributed by atoms with E-state index in [9.17, 15) is 18.0 Å². The lowest BCUT2D eigenvalue weighted by Crippen LogP contribution is -2.56. The number of amidine groups is 1. The van der Waals surface area contributed by atoms with E-state index in [0.29, 0.717) is 49.0 Å². The van der Waals surface area contributed by atoms with Crippen LogP contribution >= 0.6 is 0 Å². The highest BCUT2D eigenvalue weighted by Crippen LogP contribution is 2.42. The highest BCUT2D eigenvalue weighted by molar-refractivity contribution is 6.04. The molecule has 0 saturated carbocycles. The molecule has 204 valence electrons. The van der Waals surface area contributed by atoms with Crippen LogP contribution in [0.4, 0.5) is 18.9 Å². The van der Waals surface area contributed by atoms with E-state index in [2.05, 4.69) is 0 Å². The number of piperazine rings is 1. The van der Waals surface area contributed by atoms with Gasteiger partial charge in [-0.1, -0.05) is 37.3 Å². The zero-order valence-electron chi connectivity index (χ0n) is 22.0.